The van der Waals surface area contributed by atoms with Gasteiger partial charge in [0.25, 0.3) is 0 Å². The smallest absolute Gasteiger partial charge is 0.248 e. The zero-order chi connectivity index (χ0) is 25.8. The second-order valence-corrected chi connectivity index (χ2v) is 9.16. The number of hydrogen-bond acceptors (Lipinski definition) is 4. The Hall–Kier alpha value is -3.99. The molecule has 0 saturated heterocycles. The van der Waals surface area contributed by atoms with Crippen molar-refractivity contribution in [1.82, 2.24) is 0 Å². The predicted octanol–water partition coefficient (Wildman–Crippen LogP) is 7.98. The molecule has 4 rings (SSSR count). The van der Waals surface area contributed by atoms with Crippen LogP contribution >= 0.6 is 0 Å². The first-order valence-corrected chi connectivity index (χ1v) is 12.2. The van der Waals surface area contributed by atoms with Crippen molar-refractivity contribution in [2.75, 3.05) is 19.0 Å². The van der Waals surface area contributed by atoms with Gasteiger partial charge in [-0.05, 0) is 73.7 Å². The predicted molar refractivity (Wildman–Crippen MR) is 147 cm³/mol. The van der Waals surface area contributed by atoms with Gasteiger partial charge in [-0.15, -0.1) is 0 Å². The Balaban J connectivity index is 1.71. The molecule has 0 unspecified atom stereocenters. The number of nitrogens with one attached hydrogen (secondary N) is 1. The number of fused-ring (bicyclic) bond motifs is 1. The lowest BCUT2D eigenvalue weighted by atomic mass is 9.96. The van der Waals surface area contributed by atoms with Gasteiger partial charge in [0, 0.05) is 33.8 Å². The van der Waals surface area contributed by atoms with E-state index in [1.54, 1.807) is 19.4 Å². The van der Waals surface area contributed by atoms with Gasteiger partial charge in [-0.1, -0.05) is 38.1 Å². The van der Waals surface area contributed by atoms with E-state index in [1.807, 2.05) is 75.4 Å². The first-order valence-electron chi connectivity index (χ1n) is 12.2. The molecule has 0 bridgehead atoms. The molecule has 1 amide bonds. The summed E-state index contributed by atoms with van der Waals surface area (Å²) in [5.74, 6) is 1.78. The topological polar surface area (TPSA) is 60.7 Å². The molecule has 1 aromatic heterocycles. The van der Waals surface area contributed by atoms with Gasteiger partial charge in [0.15, 0.2) is 0 Å². The van der Waals surface area contributed by atoms with Crippen LogP contribution in [0.15, 0.2) is 71.4 Å². The van der Waals surface area contributed by atoms with Crippen molar-refractivity contribution < 1.29 is 18.7 Å². The van der Waals surface area contributed by atoms with Crippen LogP contribution in [0.2, 0.25) is 0 Å². The number of carbonyl (C=O) groups excluding carboxylic acids is 1. The molecule has 0 atom stereocenters. The van der Waals surface area contributed by atoms with E-state index in [1.165, 1.54) is 5.56 Å². The molecule has 0 aliphatic rings. The van der Waals surface area contributed by atoms with Gasteiger partial charge in [-0.25, -0.2) is 0 Å². The molecule has 0 aliphatic carbocycles. The highest BCUT2D eigenvalue weighted by Gasteiger charge is 2.19. The number of ether oxygens (including phenoxy) is 2. The minimum atomic E-state index is -0.187. The lowest BCUT2D eigenvalue weighted by molar-refractivity contribution is -0.111. The number of benzene rings is 3. The molecule has 0 aliphatic heterocycles. The van der Waals surface area contributed by atoms with E-state index < -0.39 is 0 Å². The maximum Gasteiger partial charge on any atom is 0.248 e. The molecule has 0 spiro atoms. The SMILES string of the molecule is CCOc1c(/C(C)=C/C(=O)Nc2ccc(C(C)C)cc2)cc2c(-c3ccc(OC)cc3)coc2c1C. The molecule has 1 N–H and O–H groups in total. The number of furan rings is 1. The average Bonchev–Trinajstić information content (AvgIpc) is 3.30. The first-order chi connectivity index (χ1) is 17.3. The molecule has 5 heteroatoms. The summed E-state index contributed by atoms with van der Waals surface area (Å²) in [5, 5.41) is 3.93. The van der Waals surface area contributed by atoms with E-state index in [4.69, 9.17) is 13.9 Å². The molecular formula is C31H33NO4. The van der Waals surface area contributed by atoms with Crippen LogP contribution in [0.1, 0.15) is 50.3 Å². The quantitative estimate of drug-likeness (QED) is 0.258. The molecule has 36 heavy (non-hydrogen) atoms. The molecule has 0 fully saturated rings. The van der Waals surface area contributed by atoms with E-state index in [2.05, 4.69) is 19.2 Å². The molecule has 4 aromatic rings. The number of carbonyl (C=O) groups is 1. The number of hydrogen-bond donors (Lipinski definition) is 1. The second kappa shape index (κ2) is 10.7. The van der Waals surface area contributed by atoms with Crippen molar-refractivity contribution in [2.45, 2.75) is 40.5 Å². The summed E-state index contributed by atoms with van der Waals surface area (Å²) in [6.45, 7) is 10.7. The summed E-state index contributed by atoms with van der Waals surface area (Å²) < 4.78 is 17.3. The zero-order valence-corrected chi connectivity index (χ0v) is 21.8. The Morgan fingerprint density at radius 1 is 1.08 bits per heavy atom. The normalized spacial score (nSPS) is 11.7. The van der Waals surface area contributed by atoms with Gasteiger partial charge in [-0.3, -0.25) is 4.79 Å². The summed E-state index contributed by atoms with van der Waals surface area (Å²) in [7, 11) is 1.65. The largest absolute Gasteiger partial charge is 0.497 e. The zero-order valence-electron chi connectivity index (χ0n) is 21.8. The number of methoxy groups -OCH3 is 1. The van der Waals surface area contributed by atoms with Crippen LogP contribution in [0, 0.1) is 6.92 Å². The molecule has 0 saturated carbocycles. The van der Waals surface area contributed by atoms with Crippen molar-refractivity contribution in [3.05, 3.63) is 83.6 Å². The molecule has 3 aromatic carbocycles. The van der Waals surface area contributed by atoms with Gasteiger partial charge in [0.05, 0.1) is 20.0 Å². The number of allylic oxidation sites excluding steroid dienone is 1. The molecule has 0 radical (unpaired) electrons. The lowest BCUT2D eigenvalue weighted by Gasteiger charge is -2.15. The van der Waals surface area contributed by atoms with Gasteiger partial charge >= 0.3 is 0 Å². The van der Waals surface area contributed by atoms with Gasteiger partial charge in [0.1, 0.15) is 17.1 Å². The maximum atomic E-state index is 12.9. The monoisotopic (exact) mass is 483 g/mol. The maximum absolute atomic E-state index is 12.9. The van der Waals surface area contributed by atoms with Crippen LogP contribution in [-0.4, -0.2) is 19.6 Å². The van der Waals surface area contributed by atoms with Crippen molar-refractivity contribution in [3.8, 4) is 22.6 Å². The van der Waals surface area contributed by atoms with E-state index in [0.717, 1.165) is 56.0 Å². The van der Waals surface area contributed by atoms with Crippen LogP contribution < -0.4 is 14.8 Å². The number of anilines is 1. The van der Waals surface area contributed by atoms with Crippen LogP contribution in [0.3, 0.4) is 0 Å². The lowest BCUT2D eigenvalue weighted by Crippen LogP contribution is -2.09. The summed E-state index contributed by atoms with van der Waals surface area (Å²) in [5.41, 5.74) is 7.34. The van der Waals surface area contributed by atoms with E-state index >= 15 is 0 Å². The van der Waals surface area contributed by atoms with Crippen molar-refractivity contribution in [3.63, 3.8) is 0 Å². The van der Waals surface area contributed by atoms with Crippen LogP contribution in [0.4, 0.5) is 5.69 Å². The second-order valence-electron chi connectivity index (χ2n) is 9.16. The summed E-state index contributed by atoms with van der Waals surface area (Å²) in [4.78, 5) is 12.9. The molecular weight excluding hydrogens is 450 g/mol. The van der Waals surface area contributed by atoms with Crippen molar-refractivity contribution in [1.29, 1.82) is 0 Å². The van der Waals surface area contributed by atoms with E-state index in [9.17, 15) is 4.79 Å². The Labute approximate surface area is 212 Å². The van der Waals surface area contributed by atoms with Gasteiger partial charge < -0.3 is 19.2 Å². The Morgan fingerprint density at radius 3 is 2.39 bits per heavy atom. The van der Waals surface area contributed by atoms with E-state index in [-0.39, 0.29) is 5.91 Å². The average molecular weight is 484 g/mol. The van der Waals surface area contributed by atoms with E-state index in [0.29, 0.717) is 12.5 Å². The highest BCUT2D eigenvalue weighted by Crippen LogP contribution is 2.41. The van der Waals surface area contributed by atoms with Crippen molar-refractivity contribution in [2.24, 2.45) is 0 Å². The van der Waals surface area contributed by atoms with Crippen molar-refractivity contribution >= 4 is 28.1 Å². The number of aryl methyl sites for hydroxylation is 1. The minimum absolute atomic E-state index is 0.187. The fraction of sp³-hybridized carbons (Fsp3) is 0.258. The fourth-order valence-electron chi connectivity index (χ4n) is 4.34. The third kappa shape index (κ3) is 5.15. The Kier molecular flexibility index (Phi) is 7.49. The third-order valence-electron chi connectivity index (χ3n) is 6.35. The first kappa shape index (κ1) is 25.1. The highest BCUT2D eigenvalue weighted by molar-refractivity contribution is 6.06. The number of amides is 1. The highest BCUT2D eigenvalue weighted by atomic mass is 16.5. The van der Waals surface area contributed by atoms with Gasteiger partial charge in [0.2, 0.25) is 5.91 Å². The summed E-state index contributed by atoms with van der Waals surface area (Å²) >= 11 is 0. The van der Waals surface area contributed by atoms with Crippen LogP contribution in [0.5, 0.6) is 11.5 Å². The summed E-state index contributed by atoms with van der Waals surface area (Å²) in [6, 6.07) is 17.9. The van der Waals surface area contributed by atoms with Crippen LogP contribution in [0.25, 0.3) is 27.7 Å². The molecule has 5 nitrogen and oxygen atoms in total. The number of rotatable bonds is 8. The third-order valence-corrected chi connectivity index (χ3v) is 6.35. The Bertz CT molecular complexity index is 1390. The minimum Gasteiger partial charge on any atom is -0.497 e. The standard InChI is InChI=1S/C31H33NO4/c1-7-35-30-21(5)31-27(28(18-36-31)23-10-14-25(34-6)15-11-23)17-26(30)20(4)16-29(33)32-24-12-8-22(9-13-24)19(2)3/h8-19H,7H2,1-6H3,(H,32,33)/b20-16+. The molecule has 186 valence electrons. The van der Waals surface area contributed by atoms with Gasteiger partial charge in [-0.2, -0.15) is 0 Å². The van der Waals surface area contributed by atoms with Crippen LogP contribution in [-0.2, 0) is 4.79 Å². The summed E-state index contributed by atoms with van der Waals surface area (Å²) in [6.07, 6.45) is 3.39. The molecule has 1 heterocycles. The fourth-order valence-corrected chi connectivity index (χ4v) is 4.34. The Morgan fingerprint density at radius 2 is 1.78 bits per heavy atom.